The number of aliphatic hydroxyl groups is 1. The van der Waals surface area contributed by atoms with Crippen LogP contribution >= 0.6 is 34.8 Å². The van der Waals surface area contributed by atoms with Crippen LogP contribution in [0.4, 0.5) is 26.3 Å². The van der Waals surface area contributed by atoms with Crippen molar-refractivity contribution in [1.29, 1.82) is 0 Å². The molecule has 48 heavy (non-hydrogen) atoms. The fourth-order valence-corrected chi connectivity index (χ4v) is 6.35. The Labute approximate surface area is 285 Å². The number of pyridine rings is 1. The number of carbonyl (C=O) groups is 1. The summed E-state index contributed by atoms with van der Waals surface area (Å²) in [4.78, 5) is 17.9. The van der Waals surface area contributed by atoms with Crippen LogP contribution in [-0.2, 0) is 0 Å². The van der Waals surface area contributed by atoms with Crippen LogP contribution in [0.3, 0.4) is 0 Å². The molecule has 1 aliphatic heterocycles. The molecule has 254 valence electrons. The van der Waals surface area contributed by atoms with Gasteiger partial charge >= 0.3 is 12.4 Å². The molecule has 1 aliphatic rings. The summed E-state index contributed by atoms with van der Waals surface area (Å²) in [5.74, 6) is -4.48. The number of para-hydroxylation sites is 1. The summed E-state index contributed by atoms with van der Waals surface area (Å²) in [6, 6.07) is 13.4. The molecule has 2 heterocycles. The normalized spacial score (nSPS) is 16.9. The summed E-state index contributed by atoms with van der Waals surface area (Å²) < 4.78 is 93.6. The predicted molar refractivity (Wildman–Crippen MR) is 169 cm³/mol. The van der Waals surface area contributed by atoms with Crippen LogP contribution in [0.1, 0.15) is 42.1 Å². The van der Waals surface area contributed by atoms with Gasteiger partial charge in [-0.15, -0.1) is 0 Å². The number of hydrogen-bond acceptors (Lipinski definition) is 5. The summed E-state index contributed by atoms with van der Waals surface area (Å²) in [5, 5.41) is 23.6. The second-order valence-corrected chi connectivity index (χ2v) is 13.1. The Kier molecular flexibility index (Phi) is 9.37. The molecular weight excluding hydrogens is 709 g/mol. The van der Waals surface area contributed by atoms with Crippen LogP contribution < -0.4 is 10.1 Å². The largest absolute Gasteiger partial charge is 0.507 e. The number of fused-ring (bicyclic) bond motifs is 1. The first-order valence-electron chi connectivity index (χ1n) is 14.1. The number of hydrogen-bond donors (Lipinski definition) is 3. The number of benzene rings is 3. The molecule has 6 nitrogen and oxygen atoms in total. The Morgan fingerprint density at radius 2 is 1.52 bits per heavy atom. The van der Waals surface area contributed by atoms with Crippen molar-refractivity contribution in [1.82, 2.24) is 10.3 Å². The highest BCUT2D eigenvalue weighted by atomic mass is 35.5. The molecule has 5 rings (SSSR count). The van der Waals surface area contributed by atoms with E-state index in [-0.39, 0.29) is 32.7 Å². The zero-order valence-corrected chi connectivity index (χ0v) is 27.1. The number of nitrogens with zero attached hydrogens (tertiary/aromatic N) is 1. The fraction of sp³-hybridized carbons (Fsp3) is 0.273. The van der Waals surface area contributed by atoms with E-state index in [9.17, 15) is 41.4 Å². The van der Waals surface area contributed by atoms with Crippen LogP contribution in [0.25, 0.3) is 22.4 Å². The Bertz CT molecular complexity index is 1850. The van der Waals surface area contributed by atoms with Crippen molar-refractivity contribution in [3.8, 4) is 34.0 Å². The van der Waals surface area contributed by atoms with Crippen molar-refractivity contribution in [2.45, 2.75) is 55.8 Å². The van der Waals surface area contributed by atoms with Gasteiger partial charge in [-0.1, -0.05) is 59.1 Å². The lowest BCUT2D eigenvalue weighted by Gasteiger charge is -2.46. The topological polar surface area (TPSA) is 91.7 Å². The molecule has 0 saturated carbocycles. The van der Waals surface area contributed by atoms with Crippen molar-refractivity contribution in [2.75, 3.05) is 0 Å². The van der Waals surface area contributed by atoms with Gasteiger partial charge in [0.2, 0.25) is 5.88 Å². The third-order valence-corrected chi connectivity index (χ3v) is 8.79. The van der Waals surface area contributed by atoms with Gasteiger partial charge in [-0.3, -0.25) is 4.79 Å². The first-order chi connectivity index (χ1) is 22.2. The third kappa shape index (κ3) is 6.63. The van der Waals surface area contributed by atoms with Crippen LogP contribution in [0, 0.1) is 0 Å². The first-order valence-corrected chi connectivity index (χ1v) is 15.3. The van der Waals surface area contributed by atoms with Crippen LogP contribution in [0.15, 0.2) is 72.8 Å². The Hall–Kier alpha value is -3.71. The highest BCUT2D eigenvalue weighted by Crippen LogP contribution is 2.53. The third-order valence-electron chi connectivity index (χ3n) is 7.99. The molecule has 1 aromatic heterocycles. The number of rotatable bonds is 6. The van der Waals surface area contributed by atoms with E-state index >= 15 is 0 Å². The van der Waals surface area contributed by atoms with Gasteiger partial charge in [0.1, 0.15) is 11.4 Å². The lowest BCUT2D eigenvalue weighted by molar-refractivity contribution is -0.377. The second kappa shape index (κ2) is 12.6. The number of carbonyl (C=O) groups excluding carboxylic acids is 1. The number of nitrogens with one attached hydrogen (secondary N) is 1. The number of amides is 1. The molecule has 4 aromatic rings. The summed E-state index contributed by atoms with van der Waals surface area (Å²) in [7, 11) is 0. The van der Waals surface area contributed by atoms with Crippen LogP contribution in [0.2, 0.25) is 15.1 Å². The highest BCUT2D eigenvalue weighted by molar-refractivity contribution is 6.36. The van der Waals surface area contributed by atoms with Crippen molar-refractivity contribution in [2.24, 2.45) is 0 Å². The maximum atomic E-state index is 14.6. The number of halogens is 9. The zero-order chi connectivity index (χ0) is 35.4. The summed E-state index contributed by atoms with van der Waals surface area (Å²) in [6.45, 7) is 2.82. The smallest absolute Gasteiger partial charge is 0.428 e. The van der Waals surface area contributed by atoms with E-state index in [1.165, 1.54) is 62.4 Å². The van der Waals surface area contributed by atoms with Crippen LogP contribution in [0.5, 0.6) is 11.6 Å². The van der Waals surface area contributed by atoms with Gasteiger partial charge in [-0.25, -0.2) is 4.98 Å². The minimum absolute atomic E-state index is 0.133. The van der Waals surface area contributed by atoms with Gasteiger partial charge in [-0.2, -0.15) is 26.3 Å². The highest BCUT2D eigenvalue weighted by Gasteiger charge is 2.76. The minimum atomic E-state index is -6.34. The first kappa shape index (κ1) is 35.6. The Balaban J connectivity index is 1.81. The number of aromatic nitrogens is 1. The number of aromatic hydroxyl groups is 1. The number of alkyl halides is 6. The average Bonchev–Trinajstić information content (AvgIpc) is 2.97. The summed E-state index contributed by atoms with van der Waals surface area (Å²) in [5.41, 5.74) is -6.78. The molecule has 2 unspecified atom stereocenters. The summed E-state index contributed by atoms with van der Waals surface area (Å²) >= 11 is 18.7. The molecule has 3 N–H and O–H groups in total. The van der Waals surface area contributed by atoms with Crippen LogP contribution in [-0.4, -0.2) is 50.7 Å². The predicted octanol–water partition coefficient (Wildman–Crippen LogP) is 9.38. The monoisotopic (exact) mass is 732 g/mol. The Morgan fingerprint density at radius 3 is 2.10 bits per heavy atom. The molecular formula is C33H25Cl3F6N2O4. The van der Waals surface area contributed by atoms with E-state index in [4.69, 9.17) is 39.5 Å². The van der Waals surface area contributed by atoms with Gasteiger partial charge in [0.15, 0.2) is 0 Å². The average molecular weight is 734 g/mol. The van der Waals surface area contributed by atoms with E-state index in [0.29, 0.717) is 16.1 Å². The minimum Gasteiger partial charge on any atom is -0.507 e. The number of ether oxygens (including phenoxy) is 1. The molecule has 0 radical (unpaired) electrons. The number of phenols is 1. The molecule has 2 atom stereocenters. The summed E-state index contributed by atoms with van der Waals surface area (Å²) in [6.07, 6.45) is -13.2. The van der Waals surface area contributed by atoms with Crippen molar-refractivity contribution >= 4 is 40.7 Å². The van der Waals surface area contributed by atoms with Crippen molar-refractivity contribution in [3.63, 3.8) is 0 Å². The maximum Gasteiger partial charge on any atom is 0.428 e. The molecule has 1 amide bonds. The lowest BCUT2D eigenvalue weighted by Crippen LogP contribution is -2.70. The van der Waals surface area contributed by atoms with Gasteiger partial charge in [0.05, 0.1) is 22.3 Å². The van der Waals surface area contributed by atoms with E-state index < -0.39 is 59.2 Å². The molecule has 0 aliphatic carbocycles. The molecule has 0 bridgehead atoms. The lowest BCUT2D eigenvalue weighted by atomic mass is 9.73. The molecule has 0 saturated heterocycles. The standard InChI is InChI=1S/C33H25Cl3F6N2O4/c1-30(2)15-23(27(31(47,32(37,38)39)33(40,41)42)44-28(46)20-5-3-4-6-25(20)45)22-14-21(16-7-9-17(34)10-8-16)26(43-29(22)48-30)19-12-11-18(35)13-24(19)36/h3-14,23,27,45,47H,15H2,1-2H3,(H,44,46). The SMILES string of the molecule is CC1(C)CC(C(NC(=O)c2ccccc2O)C(O)(C(F)(F)F)C(F)(F)F)c2cc(-c3ccc(Cl)cc3)c(-c3ccc(Cl)cc3Cl)nc2O1. The van der Waals surface area contributed by atoms with Gasteiger partial charge < -0.3 is 20.3 Å². The number of phenolic OH excluding ortho intramolecular Hbond substituents is 1. The van der Waals surface area contributed by atoms with E-state index in [1.807, 2.05) is 0 Å². The van der Waals surface area contributed by atoms with Crippen molar-refractivity contribution < 1.29 is 46.1 Å². The second-order valence-electron chi connectivity index (χ2n) is 11.8. The fourth-order valence-electron chi connectivity index (χ4n) is 5.73. The van der Waals surface area contributed by atoms with Gasteiger partial charge in [0.25, 0.3) is 11.5 Å². The van der Waals surface area contributed by atoms with Gasteiger partial charge in [-0.05, 0) is 74.4 Å². The van der Waals surface area contributed by atoms with Crippen molar-refractivity contribution in [3.05, 3.63) is 99.0 Å². The van der Waals surface area contributed by atoms with E-state index in [0.717, 1.165) is 12.1 Å². The maximum absolute atomic E-state index is 14.6. The van der Waals surface area contributed by atoms with E-state index in [1.54, 1.807) is 17.4 Å². The molecule has 0 fully saturated rings. The van der Waals surface area contributed by atoms with Gasteiger partial charge in [0, 0.05) is 32.7 Å². The zero-order valence-electron chi connectivity index (χ0n) is 24.8. The molecule has 0 spiro atoms. The Morgan fingerprint density at radius 1 is 0.917 bits per heavy atom. The van der Waals surface area contributed by atoms with E-state index in [2.05, 4.69) is 4.98 Å². The quantitative estimate of drug-likeness (QED) is 0.172. The molecule has 15 heteroatoms. The molecule has 3 aromatic carbocycles.